The van der Waals surface area contributed by atoms with Crippen LogP contribution in [0.4, 0.5) is 0 Å². The van der Waals surface area contributed by atoms with Crippen molar-refractivity contribution in [3.63, 3.8) is 0 Å². The van der Waals surface area contributed by atoms with Crippen LogP contribution in [-0.4, -0.2) is 9.78 Å². The monoisotopic (exact) mass is 344 g/mol. The topological polar surface area (TPSA) is 37.8 Å². The number of rotatable bonds is 2. The third-order valence-corrected chi connectivity index (χ3v) is 3.72. The Balaban J connectivity index is 2.34. The second kappa shape index (κ2) is 4.59. The van der Waals surface area contributed by atoms with Gasteiger partial charge in [-0.15, -0.1) is 0 Å². The third kappa shape index (κ3) is 2.30. The van der Waals surface area contributed by atoms with Gasteiger partial charge in [-0.25, -0.2) is 4.68 Å². The molecule has 0 amide bonds. The van der Waals surface area contributed by atoms with Crippen molar-refractivity contribution in [2.24, 2.45) is 0 Å². The predicted molar refractivity (Wildman–Crippen MR) is 70.7 cm³/mol. The number of benzene rings is 1. The molecule has 5 heteroatoms. The Kier molecular flexibility index (Phi) is 3.35. The Morgan fingerprint density at radius 2 is 2.12 bits per heavy atom. The highest BCUT2D eigenvalue weighted by atomic mass is 79.9. The van der Waals surface area contributed by atoms with Gasteiger partial charge in [0.25, 0.3) is 5.56 Å². The van der Waals surface area contributed by atoms with E-state index in [2.05, 4.69) is 37.0 Å². The number of H-pyrrole nitrogens is 1. The zero-order chi connectivity index (χ0) is 11.7. The van der Waals surface area contributed by atoms with Crippen molar-refractivity contribution < 1.29 is 0 Å². The molecule has 1 aromatic carbocycles. The number of nitrogens with one attached hydrogen (secondary N) is 1. The normalized spacial score (nSPS) is 10.7. The summed E-state index contributed by atoms with van der Waals surface area (Å²) >= 11 is 6.66. The van der Waals surface area contributed by atoms with Crippen LogP contribution in [0.1, 0.15) is 11.3 Å². The SMILES string of the molecule is Cc1[nH]n(Cc2cccc(Br)c2)c(=O)c1Br. The molecule has 0 spiro atoms. The van der Waals surface area contributed by atoms with E-state index in [-0.39, 0.29) is 5.56 Å². The van der Waals surface area contributed by atoms with Gasteiger partial charge in [-0.2, -0.15) is 0 Å². The van der Waals surface area contributed by atoms with Crippen molar-refractivity contribution in [3.05, 3.63) is 54.8 Å². The van der Waals surface area contributed by atoms with Crippen molar-refractivity contribution >= 4 is 31.9 Å². The first kappa shape index (κ1) is 11.7. The fourth-order valence-corrected chi connectivity index (χ4v) is 2.26. The Bertz CT molecular complexity index is 572. The number of aryl methyl sites for hydroxylation is 1. The lowest BCUT2D eigenvalue weighted by atomic mass is 10.2. The first-order chi connectivity index (χ1) is 7.58. The molecular weight excluding hydrogens is 336 g/mol. The summed E-state index contributed by atoms with van der Waals surface area (Å²) in [4.78, 5) is 11.8. The third-order valence-electron chi connectivity index (χ3n) is 2.29. The lowest BCUT2D eigenvalue weighted by molar-refractivity contribution is 0.657. The Morgan fingerprint density at radius 1 is 1.38 bits per heavy atom. The molecule has 1 heterocycles. The van der Waals surface area contributed by atoms with Crippen molar-refractivity contribution in [1.29, 1.82) is 0 Å². The van der Waals surface area contributed by atoms with Crippen molar-refractivity contribution in [3.8, 4) is 0 Å². The number of halogens is 2. The summed E-state index contributed by atoms with van der Waals surface area (Å²) in [6.07, 6.45) is 0. The fraction of sp³-hybridized carbons (Fsp3) is 0.182. The van der Waals surface area contributed by atoms with Gasteiger partial charge in [0.1, 0.15) is 4.47 Å². The first-order valence-electron chi connectivity index (χ1n) is 4.77. The second-order valence-corrected chi connectivity index (χ2v) is 5.28. The largest absolute Gasteiger partial charge is 0.299 e. The Labute approximate surface area is 110 Å². The number of aromatic amines is 1. The van der Waals surface area contributed by atoms with Gasteiger partial charge in [-0.05, 0) is 40.5 Å². The van der Waals surface area contributed by atoms with Crippen LogP contribution in [0.25, 0.3) is 0 Å². The van der Waals surface area contributed by atoms with Crippen LogP contribution in [-0.2, 0) is 6.54 Å². The molecule has 0 fully saturated rings. The van der Waals surface area contributed by atoms with E-state index >= 15 is 0 Å². The maximum atomic E-state index is 11.8. The molecule has 0 radical (unpaired) electrons. The summed E-state index contributed by atoms with van der Waals surface area (Å²) in [7, 11) is 0. The van der Waals surface area contributed by atoms with E-state index in [0.717, 1.165) is 15.7 Å². The van der Waals surface area contributed by atoms with Gasteiger partial charge in [-0.1, -0.05) is 28.1 Å². The van der Waals surface area contributed by atoms with Crippen molar-refractivity contribution in [2.75, 3.05) is 0 Å². The van der Waals surface area contributed by atoms with Crippen LogP contribution < -0.4 is 5.56 Å². The quantitative estimate of drug-likeness (QED) is 0.892. The van der Waals surface area contributed by atoms with Crippen molar-refractivity contribution in [2.45, 2.75) is 13.5 Å². The van der Waals surface area contributed by atoms with Crippen LogP contribution >= 0.6 is 31.9 Å². The minimum absolute atomic E-state index is 0.0301. The smallest absolute Gasteiger partial charge is 0.281 e. The summed E-state index contributed by atoms with van der Waals surface area (Å²) in [5, 5.41) is 3.02. The average Bonchev–Trinajstić information content (AvgIpc) is 2.47. The maximum absolute atomic E-state index is 11.8. The van der Waals surface area contributed by atoms with Crippen molar-refractivity contribution in [1.82, 2.24) is 9.78 Å². The summed E-state index contributed by atoms with van der Waals surface area (Å²) in [6.45, 7) is 2.41. The molecule has 3 nitrogen and oxygen atoms in total. The van der Waals surface area contributed by atoms with Gasteiger partial charge >= 0.3 is 0 Å². The van der Waals surface area contributed by atoms with Gasteiger partial charge in [0.15, 0.2) is 0 Å². The molecule has 0 aliphatic carbocycles. The summed E-state index contributed by atoms with van der Waals surface area (Å²) in [5.41, 5.74) is 1.89. The highest BCUT2D eigenvalue weighted by Gasteiger charge is 2.07. The number of nitrogens with zero attached hydrogens (tertiary/aromatic N) is 1. The van der Waals surface area contributed by atoms with E-state index < -0.39 is 0 Å². The molecule has 0 aliphatic heterocycles. The van der Waals surface area contributed by atoms with Crippen LogP contribution in [0.2, 0.25) is 0 Å². The number of hydrogen-bond donors (Lipinski definition) is 1. The molecule has 0 saturated heterocycles. The molecule has 0 bridgehead atoms. The van der Waals surface area contributed by atoms with Gasteiger partial charge in [0, 0.05) is 10.2 Å². The van der Waals surface area contributed by atoms with E-state index in [9.17, 15) is 4.79 Å². The lowest BCUT2D eigenvalue weighted by Crippen LogP contribution is -2.17. The molecule has 0 aliphatic rings. The van der Waals surface area contributed by atoms with E-state index in [1.165, 1.54) is 0 Å². The standard InChI is InChI=1S/C11H10Br2N2O/c1-7-10(13)11(16)15(14-7)6-8-3-2-4-9(12)5-8/h2-5,14H,6H2,1H3. The molecule has 0 atom stereocenters. The molecule has 0 saturated carbocycles. The Hall–Kier alpha value is -0.810. The highest BCUT2D eigenvalue weighted by molar-refractivity contribution is 9.10. The average molecular weight is 346 g/mol. The highest BCUT2D eigenvalue weighted by Crippen LogP contribution is 2.13. The minimum atomic E-state index is -0.0301. The molecule has 1 aromatic heterocycles. The lowest BCUT2D eigenvalue weighted by Gasteiger charge is -2.02. The number of aromatic nitrogens is 2. The molecule has 16 heavy (non-hydrogen) atoms. The summed E-state index contributed by atoms with van der Waals surface area (Å²) < 4.78 is 3.20. The van der Waals surface area contributed by atoms with Gasteiger partial charge in [0.05, 0.1) is 6.54 Å². The van der Waals surface area contributed by atoms with Gasteiger partial charge in [0.2, 0.25) is 0 Å². The van der Waals surface area contributed by atoms with E-state index in [0.29, 0.717) is 11.0 Å². The minimum Gasteiger partial charge on any atom is -0.299 e. The molecule has 2 rings (SSSR count). The second-order valence-electron chi connectivity index (χ2n) is 3.57. The number of hydrogen-bond acceptors (Lipinski definition) is 1. The summed E-state index contributed by atoms with van der Waals surface area (Å²) in [5.74, 6) is 0. The van der Waals surface area contributed by atoms with Gasteiger partial charge in [-0.3, -0.25) is 9.89 Å². The maximum Gasteiger partial charge on any atom is 0.281 e. The van der Waals surface area contributed by atoms with Crippen LogP contribution in [0, 0.1) is 6.92 Å². The molecule has 2 aromatic rings. The zero-order valence-electron chi connectivity index (χ0n) is 8.63. The molecular formula is C11H10Br2N2O. The van der Waals surface area contributed by atoms with Crippen LogP contribution in [0.3, 0.4) is 0 Å². The first-order valence-corrected chi connectivity index (χ1v) is 6.36. The molecule has 0 unspecified atom stereocenters. The fourth-order valence-electron chi connectivity index (χ4n) is 1.51. The molecule has 1 N–H and O–H groups in total. The van der Waals surface area contributed by atoms with Gasteiger partial charge < -0.3 is 0 Å². The van der Waals surface area contributed by atoms with Crippen LogP contribution in [0.15, 0.2) is 38.0 Å². The predicted octanol–water partition coefficient (Wildman–Crippen LogP) is 3.06. The summed E-state index contributed by atoms with van der Waals surface area (Å²) in [6, 6.07) is 7.90. The van der Waals surface area contributed by atoms with E-state index in [1.807, 2.05) is 31.2 Å². The van der Waals surface area contributed by atoms with E-state index in [4.69, 9.17) is 0 Å². The molecule has 84 valence electrons. The van der Waals surface area contributed by atoms with Crippen LogP contribution in [0.5, 0.6) is 0 Å². The Morgan fingerprint density at radius 3 is 2.69 bits per heavy atom. The van der Waals surface area contributed by atoms with E-state index in [1.54, 1.807) is 4.68 Å². The zero-order valence-corrected chi connectivity index (χ0v) is 11.8.